The number of nitrogens with zero attached hydrogens (tertiary/aromatic N) is 1. The quantitative estimate of drug-likeness (QED) is 0.759. The summed E-state index contributed by atoms with van der Waals surface area (Å²) in [4.78, 5) is 60.3. The number of nitrogens with one attached hydrogen (secondary N) is 2. The van der Waals surface area contributed by atoms with Gasteiger partial charge in [-0.2, -0.15) is 0 Å². The van der Waals surface area contributed by atoms with Crippen molar-refractivity contribution in [2.24, 2.45) is 0 Å². The van der Waals surface area contributed by atoms with E-state index in [1.807, 2.05) is 0 Å². The van der Waals surface area contributed by atoms with Gasteiger partial charge in [0.2, 0.25) is 17.7 Å². The first kappa shape index (κ1) is 18.3. The second-order valence-electron chi connectivity index (χ2n) is 5.32. The van der Waals surface area contributed by atoms with Gasteiger partial charge in [-0.3, -0.25) is 34.2 Å². The minimum Gasteiger partial charge on any atom is -0.497 e. The molecule has 2 N–H and O–H groups in total. The number of carbonyl (C=O) groups is 5. The number of benzene rings is 1. The van der Waals surface area contributed by atoms with Crippen molar-refractivity contribution in [3.05, 3.63) is 24.3 Å². The largest absolute Gasteiger partial charge is 0.497 e. The predicted molar refractivity (Wildman–Crippen MR) is 95.0 cm³/mol. The monoisotopic (exact) mass is 395 g/mol. The van der Waals surface area contributed by atoms with Crippen LogP contribution in [0, 0.1) is 0 Å². The molecule has 26 heavy (non-hydrogen) atoms. The number of ether oxygens (including phenoxy) is 1. The summed E-state index contributed by atoms with van der Waals surface area (Å²) in [5.74, 6) is -1.21. The van der Waals surface area contributed by atoms with Crippen LogP contribution >= 0.6 is 23.5 Å². The second kappa shape index (κ2) is 7.38. The van der Waals surface area contributed by atoms with Crippen LogP contribution < -0.4 is 15.4 Å². The zero-order chi connectivity index (χ0) is 18.8. The standard InChI is InChI=1S/C15H13N3O6S2/c1-24-8-4-2-7(3-5-8)16-9(19)6-18-13(21)11(26-15(18)23)10-12(20)17-14(22)25-10/h2-5,10-11H,6H2,1H3,(H,16,19)(H,17,20,22). The third-order valence-corrected chi connectivity index (χ3v) is 6.00. The summed E-state index contributed by atoms with van der Waals surface area (Å²) in [6, 6.07) is 6.54. The normalized spacial score (nSPS) is 22.6. The lowest BCUT2D eigenvalue weighted by Gasteiger charge is -2.15. The van der Waals surface area contributed by atoms with E-state index in [-0.39, 0.29) is 0 Å². The van der Waals surface area contributed by atoms with Crippen LogP contribution in [0.4, 0.5) is 15.3 Å². The first-order chi connectivity index (χ1) is 12.4. The molecule has 2 aliphatic rings. The average Bonchev–Trinajstić information content (AvgIpc) is 3.08. The molecule has 1 aromatic carbocycles. The minimum absolute atomic E-state index is 0.472. The Hall–Kier alpha value is -2.53. The lowest BCUT2D eigenvalue weighted by Crippen LogP contribution is -2.42. The molecule has 0 spiro atoms. The highest BCUT2D eigenvalue weighted by molar-refractivity contribution is 8.19. The summed E-state index contributed by atoms with van der Waals surface area (Å²) < 4.78 is 5.02. The van der Waals surface area contributed by atoms with Crippen molar-refractivity contribution < 1.29 is 28.7 Å². The molecule has 1 aromatic rings. The van der Waals surface area contributed by atoms with Gasteiger partial charge in [-0.1, -0.05) is 0 Å². The Morgan fingerprint density at radius 1 is 1.15 bits per heavy atom. The van der Waals surface area contributed by atoms with Gasteiger partial charge in [0.1, 0.15) is 22.8 Å². The smallest absolute Gasteiger partial charge is 0.289 e. The fraction of sp³-hybridized carbons (Fsp3) is 0.267. The molecule has 5 amide bonds. The Morgan fingerprint density at radius 3 is 2.42 bits per heavy atom. The average molecular weight is 395 g/mol. The van der Waals surface area contributed by atoms with E-state index in [9.17, 15) is 24.0 Å². The zero-order valence-corrected chi connectivity index (χ0v) is 15.0. The minimum atomic E-state index is -1.02. The molecule has 136 valence electrons. The predicted octanol–water partition coefficient (Wildman–Crippen LogP) is 1.05. The summed E-state index contributed by atoms with van der Waals surface area (Å²) in [7, 11) is 1.52. The molecule has 3 rings (SSSR count). The number of amides is 5. The summed E-state index contributed by atoms with van der Waals surface area (Å²) in [6.07, 6.45) is 0. The molecule has 2 fully saturated rings. The van der Waals surface area contributed by atoms with Gasteiger partial charge >= 0.3 is 0 Å². The van der Waals surface area contributed by atoms with Gasteiger partial charge < -0.3 is 10.1 Å². The summed E-state index contributed by atoms with van der Waals surface area (Å²) in [6.45, 7) is -0.472. The van der Waals surface area contributed by atoms with E-state index in [2.05, 4.69) is 10.6 Å². The van der Waals surface area contributed by atoms with Gasteiger partial charge in [-0.05, 0) is 47.8 Å². The van der Waals surface area contributed by atoms with Gasteiger partial charge in [0.25, 0.3) is 10.5 Å². The number of carbonyl (C=O) groups excluding carboxylic acids is 5. The zero-order valence-electron chi connectivity index (χ0n) is 13.4. The molecule has 2 aliphatic heterocycles. The maximum absolute atomic E-state index is 12.4. The first-order valence-corrected chi connectivity index (χ1v) is 9.12. The van der Waals surface area contributed by atoms with Gasteiger partial charge in [-0.15, -0.1) is 0 Å². The maximum atomic E-state index is 12.4. The summed E-state index contributed by atoms with van der Waals surface area (Å²) in [5, 5.41) is 1.47. The van der Waals surface area contributed by atoms with E-state index in [0.717, 1.165) is 4.90 Å². The van der Waals surface area contributed by atoms with Crippen LogP contribution in [0.3, 0.4) is 0 Å². The lowest BCUT2D eigenvalue weighted by molar-refractivity contribution is -0.131. The molecule has 11 heteroatoms. The van der Waals surface area contributed by atoms with Crippen LogP contribution in [0.1, 0.15) is 0 Å². The molecule has 2 unspecified atom stereocenters. The van der Waals surface area contributed by atoms with E-state index in [4.69, 9.17) is 4.74 Å². The van der Waals surface area contributed by atoms with E-state index < -0.39 is 45.2 Å². The van der Waals surface area contributed by atoms with E-state index in [1.165, 1.54) is 7.11 Å². The lowest BCUT2D eigenvalue weighted by atomic mass is 10.2. The van der Waals surface area contributed by atoms with Crippen molar-refractivity contribution in [1.82, 2.24) is 10.2 Å². The number of anilines is 1. The molecular formula is C15H13N3O6S2. The molecule has 2 saturated heterocycles. The SMILES string of the molecule is COc1ccc(NC(=O)CN2C(=O)SC(C3SC(=O)NC3=O)C2=O)cc1. The van der Waals surface area contributed by atoms with Gasteiger partial charge in [0, 0.05) is 5.69 Å². The van der Waals surface area contributed by atoms with E-state index in [0.29, 0.717) is 35.0 Å². The molecule has 2 atom stereocenters. The van der Waals surface area contributed by atoms with Crippen LogP contribution in [-0.2, 0) is 14.4 Å². The third kappa shape index (κ3) is 3.68. The van der Waals surface area contributed by atoms with Crippen LogP contribution in [0.2, 0.25) is 0 Å². The Bertz CT molecular complexity index is 797. The Balaban J connectivity index is 1.62. The van der Waals surface area contributed by atoms with Crippen molar-refractivity contribution in [1.29, 1.82) is 0 Å². The Labute approximate surface area is 156 Å². The highest BCUT2D eigenvalue weighted by atomic mass is 32.2. The number of hydrogen-bond donors (Lipinski definition) is 2. The molecule has 0 bridgehead atoms. The molecule has 0 aromatic heterocycles. The Morgan fingerprint density at radius 2 is 1.85 bits per heavy atom. The van der Waals surface area contributed by atoms with Crippen LogP contribution in [-0.4, -0.2) is 57.3 Å². The van der Waals surface area contributed by atoms with Crippen molar-refractivity contribution >= 4 is 57.4 Å². The van der Waals surface area contributed by atoms with E-state index in [1.54, 1.807) is 24.3 Å². The molecular weight excluding hydrogens is 382 g/mol. The second-order valence-corrected chi connectivity index (χ2v) is 7.53. The van der Waals surface area contributed by atoms with Crippen LogP contribution in [0.25, 0.3) is 0 Å². The number of rotatable bonds is 5. The number of imide groups is 2. The molecule has 2 heterocycles. The van der Waals surface area contributed by atoms with Crippen molar-refractivity contribution in [3.8, 4) is 5.75 Å². The molecule has 0 aliphatic carbocycles. The number of hydrogen-bond acceptors (Lipinski definition) is 8. The van der Waals surface area contributed by atoms with Crippen LogP contribution in [0.5, 0.6) is 5.75 Å². The summed E-state index contributed by atoms with van der Waals surface area (Å²) in [5.41, 5.74) is 0.482. The topological polar surface area (TPSA) is 122 Å². The Kier molecular flexibility index (Phi) is 5.18. The fourth-order valence-corrected chi connectivity index (χ4v) is 4.49. The van der Waals surface area contributed by atoms with Crippen molar-refractivity contribution in [2.75, 3.05) is 19.0 Å². The third-order valence-electron chi connectivity index (χ3n) is 3.63. The van der Waals surface area contributed by atoms with Crippen molar-refractivity contribution in [2.45, 2.75) is 10.5 Å². The first-order valence-electron chi connectivity index (χ1n) is 7.36. The van der Waals surface area contributed by atoms with Gasteiger partial charge in [0.15, 0.2) is 0 Å². The molecule has 0 radical (unpaired) electrons. The van der Waals surface area contributed by atoms with Crippen LogP contribution in [0.15, 0.2) is 24.3 Å². The summed E-state index contributed by atoms with van der Waals surface area (Å²) >= 11 is 1.32. The molecule has 9 nitrogen and oxygen atoms in total. The molecule has 0 saturated carbocycles. The van der Waals surface area contributed by atoms with Gasteiger partial charge in [0.05, 0.1) is 7.11 Å². The van der Waals surface area contributed by atoms with Gasteiger partial charge in [-0.25, -0.2) is 0 Å². The van der Waals surface area contributed by atoms with Crippen molar-refractivity contribution in [3.63, 3.8) is 0 Å². The highest BCUT2D eigenvalue weighted by Gasteiger charge is 2.50. The number of thioether (sulfide) groups is 2. The maximum Gasteiger partial charge on any atom is 0.289 e. The van der Waals surface area contributed by atoms with E-state index >= 15 is 0 Å². The fourth-order valence-electron chi connectivity index (χ4n) is 2.39. The number of methoxy groups -OCH3 is 1. The highest BCUT2D eigenvalue weighted by Crippen LogP contribution is 2.36.